The Kier molecular flexibility index (Phi) is 4.18. The molecule has 1 aliphatic rings. The molecule has 3 aromatic rings. The Morgan fingerprint density at radius 1 is 1.26 bits per heavy atom. The van der Waals surface area contributed by atoms with Crippen molar-refractivity contribution in [1.82, 2.24) is 18.9 Å². The predicted octanol–water partition coefficient (Wildman–Crippen LogP) is 1.74. The topological polar surface area (TPSA) is 83.1 Å². The summed E-state index contributed by atoms with van der Waals surface area (Å²) in [5.74, 6) is 0.340. The minimum absolute atomic E-state index is 0.190. The summed E-state index contributed by atoms with van der Waals surface area (Å²) in [6.45, 7) is 2.69. The first-order chi connectivity index (χ1) is 12.9. The van der Waals surface area contributed by atoms with Gasteiger partial charge in [0.2, 0.25) is 11.7 Å². The Bertz CT molecular complexity index is 1080. The largest absolute Gasteiger partial charge is 0.494 e. The first kappa shape index (κ1) is 17.6. The molecule has 0 aliphatic carbocycles. The second-order valence-corrected chi connectivity index (χ2v) is 7.82. The molecule has 3 aromatic heterocycles. The van der Waals surface area contributed by atoms with Crippen LogP contribution in [0.15, 0.2) is 22.3 Å². The van der Waals surface area contributed by atoms with Gasteiger partial charge in [0.05, 0.1) is 18.8 Å². The zero-order valence-corrected chi connectivity index (χ0v) is 16.3. The maximum Gasteiger partial charge on any atom is 0.276 e. The normalized spacial score (nSPS) is 14.3. The van der Waals surface area contributed by atoms with E-state index in [0.717, 1.165) is 4.88 Å². The van der Waals surface area contributed by atoms with Gasteiger partial charge in [-0.15, -0.1) is 11.3 Å². The lowest BCUT2D eigenvalue weighted by atomic mass is 10.2. The molecule has 0 bridgehead atoms. The maximum absolute atomic E-state index is 13.1. The fraction of sp³-hybridized carbons (Fsp3) is 0.389. The average molecular weight is 387 g/mol. The number of hydrogen-bond acceptors (Lipinski definition) is 6. The van der Waals surface area contributed by atoms with Crippen LogP contribution in [-0.2, 0) is 13.0 Å². The highest BCUT2D eigenvalue weighted by atomic mass is 32.1. The Labute approximate surface area is 159 Å². The monoisotopic (exact) mass is 387 g/mol. The molecule has 1 N–H and O–H groups in total. The van der Waals surface area contributed by atoms with Crippen molar-refractivity contribution in [2.75, 3.05) is 25.7 Å². The van der Waals surface area contributed by atoms with Crippen LogP contribution in [0.1, 0.15) is 34.3 Å². The molecule has 0 radical (unpaired) electrons. The van der Waals surface area contributed by atoms with Crippen molar-refractivity contribution in [3.63, 3.8) is 0 Å². The minimum Gasteiger partial charge on any atom is -0.494 e. The maximum atomic E-state index is 13.1. The Morgan fingerprint density at radius 3 is 2.70 bits per heavy atom. The summed E-state index contributed by atoms with van der Waals surface area (Å²) in [6, 6.07) is 3.88. The second-order valence-electron chi connectivity index (χ2n) is 6.78. The van der Waals surface area contributed by atoms with E-state index in [1.807, 2.05) is 36.4 Å². The van der Waals surface area contributed by atoms with Crippen LogP contribution in [0, 0.1) is 0 Å². The molecule has 1 amide bonds. The second kappa shape index (κ2) is 6.41. The van der Waals surface area contributed by atoms with Crippen LogP contribution in [-0.4, -0.2) is 50.6 Å². The van der Waals surface area contributed by atoms with Gasteiger partial charge in [-0.1, -0.05) is 19.4 Å². The third-order valence-corrected chi connectivity index (χ3v) is 5.66. The van der Waals surface area contributed by atoms with Gasteiger partial charge in [0.1, 0.15) is 0 Å². The molecular formula is C18H21N5O3S. The number of fused-ring (bicyclic) bond motifs is 3. The first-order valence-electron chi connectivity index (χ1n) is 8.80. The van der Waals surface area contributed by atoms with E-state index in [4.69, 9.17) is 0 Å². The van der Waals surface area contributed by atoms with Gasteiger partial charge in [0.15, 0.2) is 11.5 Å². The quantitative estimate of drug-likeness (QED) is 0.737. The number of aromatic nitrogens is 3. The van der Waals surface area contributed by atoms with Crippen LogP contribution in [0.5, 0.6) is 5.88 Å². The van der Waals surface area contributed by atoms with Gasteiger partial charge >= 0.3 is 0 Å². The number of thiophene rings is 1. The van der Waals surface area contributed by atoms with Crippen LogP contribution in [0.3, 0.4) is 0 Å². The molecule has 0 saturated heterocycles. The summed E-state index contributed by atoms with van der Waals surface area (Å²) in [6.07, 6.45) is 1.13. The molecule has 9 heteroatoms. The number of carbonyl (C=O) groups is 1. The number of anilines is 1. The molecule has 0 spiro atoms. The lowest BCUT2D eigenvalue weighted by molar-refractivity contribution is 0.0776. The highest BCUT2D eigenvalue weighted by molar-refractivity contribution is 7.09. The number of amides is 1. The number of nitrogens with zero attached hydrogens (tertiary/aromatic N) is 5. The molecule has 1 aliphatic heterocycles. The smallest absolute Gasteiger partial charge is 0.276 e. The van der Waals surface area contributed by atoms with E-state index in [-0.39, 0.29) is 28.8 Å². The summed E-state index contributed by atoms with van der Waals surface area (Å²) in [5, 5.41) is 12.8. The summed E-state index contributed by atoms with van der Waals surface area (Å²) in [7, 11) is 3.53. The van der Waals surface area contributed by atoms with Gasteiger partial charge in [0, 0.05) is 19.0 Å². The van der Waals surface area contributed by atoms with Crippen LogP contribution in [0.25, 0.3) is 5.78 Å². The van der Waals surface area contributed by atoms with Gasteiger partial charge in [-0.2, -0.15) is 4.98 Å². The summed E-state index contributed by atoms with van der Waals surface area (Å²) >= 11 is 1.55. The summed E-state index contributed by atoms with van der Waals surface area (Å²) in [5.41, 5.74) is 0.336. The zero-order valence-electron chi connectivity index (χ0n) is 15.5. The molecule has 0 saturated carbocycles. The van der Waals surface area contributed by atoms with E-state index < -0.39 is 0 Å². The minimum atomic E-state index is -0.263. The SMILES string of the molecule is CCCc1c(O)n2c3c(nc2n(Cc2cccs2)c1=O)N(C)CN(C)C3=O. The fourth-order valence-corrected chi connectivity index (χ4v) is 4.21. The van der Waals surface area contributed by atoms with E-state index in [9.17, 15) is 14.7 Å². The van der Waals surface area contributed by atoms with Crippen LogP contribution in [0.2, 0.25) is 0 Å². The molecule has 4 heterocycles. The lowest BCUT2D eigenvalue weighted by Gasteiger charge is -2.30. The van der Waals surface area contributed by atoms with E-state index in [2.05, 4.69) is 4.98 Å². The molecule has 0 fully saturated rings. The molecule has 142 valence electrons. The number of hydrogen-bond donors (Lipinski definition) is 1. The summed E-state index contributed by atoms with van der Waals surface area (Å²) < 4.78 is 2.99. The van der Waals surface area contributed by atoms with Crippen molar-refractivity contribution >= 4 is 28.8 Å². The third-order valence-electron chi connectivity index (χ3n) is 4.80. The van der Waals surface area contributed by atoms with Crippen molar-refractivity contribution in [3.05, 3.63) is 44.0 Å². The highest BCUT2D eigenvalue weighted by Crippen LogP contribution is 2.30. The summed E-state index contributed by atoms with van der Waals surface area (Å²) in [4.78, 5) is 34.9. The van der Waals surface area contributed by atoms with E-state index in [1.165, 1.54) is 4.40 Å². The Balaban J connectivity index is 2.07. The molecule has 4 rings (SSSR count). The zero-order chi connectivity index (χ0) is 19.3. The van der Waals surface area contributed by atoms with Gasteiger partial charge in [-0.05, 0) is 17.9 Å². The highest BCUT2D eigenvalue weighted by Gasteiger charge is 2.33. The molecule has 27 heavy (non-hydrogen) atoms. The van der Waals surface area contributed by atoms with Crippen molar-refractivity contribution in [2.45, 2.75) is 26.3 Å². The Morgan fingerprint density at radius 2 is 2.04 bits per heavy atom. The van der Waals surface area contributed by atoms with Gasteiger partial charge in [-0.25, -0.2) is 4.40 Å². The molecule has 8 nitrogen and oxygen atoms in total. The van der Waals surface area contributed by atoms with E-state index in [1.54, 1.807) is 27.9 Å². The van der Waals surface area contributed by atoms with Crippen LogP contribution < -0.4 is 10.5 Å². The predicted molar refractivity (Wildman–Crippen MR) is 104 cm³/mol. The molecule has 0 atom stereocenters. The van der Waals surface area contributed by atoms with E-state index in [0.29, 0.717) is 37.4 Å². The van der Waals surface area contributed by atoms with Crippen molar-refractivity contribution in [2.24, 2.45) is 0 Å². The molecule has 0 aromatic carbocycles. The molecule has 0 unspecified atom stereocenters. The average Bonchev–Trinajstić information content (AvgIpc) is 3.28. The first-order valence-corrected chi connectivity index (χ1v) is 9.68. The van der Waals surface area contributed by atoms with Gasteiger partial charge in [-0.3, -0.25) is 14.2 Å². The fourth-order valence-electron chi connectivity index (χ4n) is 3.52. The number of imidazole rings is 1. The lowest BCUT2D eigenvalue weighted by Crippen LogP contribution is -2.43. The standard InChI is InChI=1S/C18H21N5O3S/c1-4-6-12-15(24)22(9-11-7-5-8-27-11)18-19-14-13(23(18)16(12)25)17(26)21(3)10-20(14)2/h5,7-8,25H,4,6,9-10H2,1-3H3. The van der Waals surface area contributed by atoms with Crippen molar-refractivity contribution in [1.29, 1.82) is 0 Å². The number of aromatic hydroxyl groups is 1. The number of carbonyl (C=O) groups excluding carboxylic acids is 1. The van der Waals surface area contributed by atoms with E-state index >= 15 is 0 Å². The van der Waals surface area contributed by atoms with Crippen molar-refractivity contribution in [3.8, 4) is 5.88 Å². The van der Waals surface area contributed by atoms with Gasteiger partial charge < -0.3 is 14.9 Å². The Hall–Kier alpha value is -2.81. The van der Waals surface area contributed by atoms with Crippen LogP contribution in [0.4, 0.5) is 5.82 Å². The van der Waals surface area contributed by atoms with Crippen LogP contribution >= 0.6 is 11.3 Å². The number of rotatable bonds is 4. The third kappa shape index (κ3) is 2.61. The van der Waals surface area contributed by atoms with Gasteiger partial charge in [0.25, 0.3) is 11.5 Å². The van der Waals surface area contributed by atoms with Crippen molar-refractivity contribution < 1.29 is 9.90 Å². The molecular weight excluding hydrogens is 366 g/mol.